The quantitative estimate of drug-likeness (QED) is 0.595. The van der Waals surface area contributed by atoms with Gasteiger partial charge in [-0.2, -0.15) is 0 Å². The number of benzene rings is 1. The summed E-state index contributed by atoms with van der Waals surface area (Å²) < 4.78 is 5.09. The van der Waals surface area contributed by atoms with E-state index in [1.807, 2.05) is 0 Å². The van der Waals surface area contributed by atoms with Crippen LogP contribution >= 0.6 is 23.2 Å². The van der Waals surface area contributed by atoms with Crippen LogP contribution in [0.5, 0.6) is 0 Å². The summed E-state index contributed by atoms with van der Waals surface area (Å²) in [5, 5.41) is 5.40. The van der Waals surface area contributed by atoms with Crippen molar-refractivity contribution in [3.63, 3.8) is 0 Å². The molecule has 0 spiro atoms. The maximum Gasteiger partial charge on any atom is 0.340 e. The molecule has 7 nitrogen and oxygen atoms in total. The largest absolute Gasteiger partial charge is 0.449 e. The van der Waals surface area contributed by atoms with E-state index in [1.165, 1.54) is 26.1 Å². The normalized spacial score (nSPS) is 11.4. The van der Waals surface area contributed by atoms with Gasteiger partial charge in [0.15, 0.2) is 6.10 Å². The van der Waals surface area contributed by atoms with Crippen molar-refractivity contribution >= 4 is 52.4 Å². The Morgan fingerprint density at radius 3 is 2.19 bits per heavy atom. The Hall–Kier alpha value is -2.64. The minimum Gasteiger partial charge on any atom is -0.449 e. The fourth-order valence-corrected chi connectivity index (χ4v) is 2.17. The van der Waals surface area contributed by atoms with Gasteiger partial charge in [0.1, 0.15) is 5.15 Å². The molecule has 0 aliphatic heterocycles. The summed E-state index contributed by atoms with van der Waals surface area (Å²) in [5.74, 6) is -1.46. The van der Waals surface area contributed by atoms with Crippen LogP contribution in [0.25, 0.3) is 0 Å². The average molecular weight is 396 g/mol. The predicted molar refractivity (Wildman–Crippen MR) is 98.5 cm³/mol. The van der Waals surface area contributed by atoms with Crippen molar-refractivity contribution in [1.82, 2.24) is 4.98 Å². The predicted octanol–water partition coefficient (Wildman–Crippen LogP) is 3.53. The summed E-state index contributed by atoms with van der Waals surface area (Å²) in [5.41, 5.74) is 1.17. The number of carbonyl (C=O) groups is 3. The zero-order valence-electron chi connectivity index (χ0n) is 13.9. The molecule has 1 aromatic carbocycles. The summed E-state index contributed by atoms with van der Waals surface area (Å²) in [6, 6.07) is 7.80. The van der Waals surface area contributed by atoms with Gasteiger partial charge in [0.2, 0.25) is 5.91 Å². The Kier molecular flexibility index (Phi) is 6.54. The minimum atomic E-state index is -1.05. The van der Waals surface area contributed by atoms with Crippen LogP contribution in [0, 0.1) is 0 Å². The molecule has 136 valence electrons. The fourth-order valence-electron chi connectivity index (χ4n) is 1.90. The van der Waals surface area contributed by atoms with Crippen LogP contribution in [0.4, 0.5) is 11.4 Å². The molecule has 0 bridgehead atoms. The van der Waals surface area contributed by atoms with E-state index in [0.717, 1.165) is 0 Å². The number of halogens is 2. The molecular formula is C17H15Cl2N3O4. The zero-order valence-corrected chi connectivity index (χ0v) is 15.4. The summed E-state index contributed by atoms with van der Waals surface area (Å²) in [6.45, 7) is 2.83. The second-order valence-electron chi connectivity index (χ2n) is 5.29. The van der Waals surface area contributed by atoms with Crippen molar-refractivity contribution in [1.29, 1.82) is 0 Å². The van der Waals surface area contributed by atoms with Gasteiger partial charge in [-0.15, -0.1) is 0 Å². The highest BCUT2D eigenvalue weighted by Crippen LogP contribution is 2.20. The molecule has 2 N–H and O–H groups in total. The molecule has 26 heavy (non-hydrogen) atoms. The first-order valence-corrected chi connectivity index (χ1v) is 8.22. The van der Waals surface area contributed by atoms with Crippen molar-refractivity contribution in [2.45, 2.75) is 20.0 Å². The highest BCUT2D eigenvalue weighted by atomic mass is 35.5. The lowest BCUT2D eigenvalue weighted by atomic mass is 10.2. The van der Waals surface area contributed by atoms with Crippen LogP contribution in [0.3, 0.4) is 0 Å². The number of hydrogen-bond donors (Lipinski definition) is 2. The van der Waals surface area contributed by atoms with Gasteiger partial charge < -0.3 is 15.4 Å². The highest BCUT2D eigenvalue weighted by Gasteiger charge is 2.20. The second kappa shape index (κ2) is 8.64. The molecule has 0 saturated heterocycles. The molecule has 0 unspecified atom stereocenters. The highest BCUT2D eigenvalue weighted by molar-refractivity contribution is 6.41. The Bertz CT molecular complexity index is 840. The molecule has 0 fully saturated rings. The summed E-state index contributed by atoms with van der Waals surface area (Å²) in [4.78, 5) is 38.9. The topological polar surface area (TPSA) is 97.4 Å². The van der Waals surface area contributed by atoms with E-state index in [2.05, 4.69) is 15.6 Å². The first kappa shape index (κ1) is 19.7. The van der Waals surface area contributed by atoms with Crippen molar-refractivity contribution < 1.29 is 19.1 Å². The molecule has 0 saturated carbocycles. The number of rotatable bonds is 5. The molecule has 2 amide bonds. The van der Waals surface area contributed by atoms with Crippen molar-refractivity contribution in [3.05, 3.63) is 52.3 Å². The molecule has 1 heterocycles. The van der Waals surface area contributed by atoms with Gasteiger partial charge in [0, 0.05) is 24.5 Å². The van der Waals surface area contributed by atoms with E-state index >= 15 is 0 Å². The van der Waals surface area contributed by atoms with E-state index in [1.54, 1.807) is 24.3 Å². The summed E-state index contributed by atoms with van der Waals surface area (Å²) in [6.07, 6.45) is 0.161. The second-order valence-corrected chi connectivity index (χ2v) is 6.06. The van der Waals surface area contributed by atoms with E-state index in [0.29, 0.717) is 11.4 Å². The molecule has 0 aliphatic carbocycles. The maximum absolute atomic E-state index is 12.1. The third-order valence-electron chi connectivity index (χ3n) is 3.16. The number of nitrogens with one attached hydrogen (secondary N) is 2. The van der Waals surface area contributed by atoms with Crippen LogP contribution in [0.15, 0.2) is 36.5 Å². The lowest BCUT2D eigenvalue weighted by molar-refractivity contribution is -0.123. The number of carbonyl (C=O) groups excluding carboxylic acids is 3. The molecule has 0 radical (unpaired) electrons. The molecule has 9 heteroatoms. The van der Waals surface area contributed by atoms with Crippen LogP contribution in [0.1, 0.15) is 24.2 Å². The molecule has 1 atom stereocenters. The smallest absolute Gasteiger partial charge is 0.340 e. The maximum atomic E-state index is 12.1. The lowest BCUT2D eigenvalue weighted by Gasteiger charge is -2.14. The van der Waals surface area contributed by atoms with Gasteiger partial charge in [-0.25, -0.2) is 9.78 Å². The van der Waals surface area contributed by atoms with Crippen LogP contribution < -0.4 is 10.6 Å². The van der Waals surface area contributed by atoms with Gasteiger partial charge in [-0.1, -0.05) is 23.2 Å². The number of esters is 1. The number of aromatic nitrogens is 1. The Morgan fingerprint density at radius 1 is 1.08 bits per heavy atom. The Labute approximate surface area is 159 Å². The van der Waals surface area contributed by atoms with E-state index in [-0.39, 0.29) is 21.6 Å². The summed E-state index contributed by atoms with van der Waals surface area (Å²) in [7, 11) is 0. The molecular weight excluding hydrogens is 381 g/mol. The number of nitrogens with zero attached hydrogens (tertiary/aromatic N) is 1. The van der Waals surface area contributed by atoms with E-state index in [9.17, 15) is 14.4 Å². The standard InChI is InChI=1S/C17H15Cl2N3O4/c1-9(26-17(25)11-7-14(18)15(19)20-8-11)16(24)22-13-5-3-12(4-6-13)21-10(2)23/h3-9H,1-2H3,(H,21,23)(H,22,24)/t9-/m1/s1. The minimum absolute atomic E-state index is 0.0664. The van der Waals surface area contributed by atoms with E-state index < -0.39 is 18.0 Å². The first-order chi connectivity index (χ1) is 12.3. The Morgan fingerprint density at radius 2 is 1.65 bits per heavy atom. The zero-order chi connectivity index (χ0) is 19.3. The van der Waals surface area contributed by atoms with Crippen molar-refractivity contribution in [3.8, 4) is 0 Å². The first-order valence-electron chi connectivity index (χ1n) is 7.47. The third-order valence-corrected chi connectivity index (χ3v) is 3.84. The number of amides is 2. The van der Waals surface area contributed by atoms with Gasteiger partial charge in [-0.05, 0) is 37.3 Å². The lowest BCUT2D eigenvalue weighted by Crippen LogP contribution is -2.30. The third kappa shape index (κ3) is 5.44. The van der Waals surface area contributed by atoms with Crippen LogP contribution in [0.2, 0.25) is 10.2 Å². The van der Waals surface area contributed by atoms with Crippen LogP contribution in [-0.4, -0.2) is 28.9 Å². The van der Waals surface area contributed by atoms with Crippen molar-refractivity contribution in [2.75, 3.05) is 10.6 Å². The summed E-state index contributed by atoms with van der Waals surface area (Å²) >= 11 is 11.5. The fraction of sp³-hybridized carbons (Fsp3) is 0.176. The molecule has 2 rings (SSSR count). The molecule has 1 aromatic heterocycles. The van der Waals surface area contributed by atoms with Gasteiger partial charge in [0.25, 0.3) is 5.91 Å². The van der Waals surface area contributed by atoms with Crippen LogP contribution in [-0.2, 0) is 14.3 Å². The van der Waals surface area contributed by atoms with E-state index in [4.69, 9.17) is 27.9 Å². The monoisotopic (exact) mass is 395 g/mol. The van der Waals surface area contributed by atoms with Gasteiger partial charge in [0.05, 0.1) is 10.6 Å². The van der Waals surface area contributed by atoms with Crippen molar-refractivity contribution in [2.24, 2.45) is 0 Å². The van der Waals surface area contributed by atoms with Gasteiger partial charge in [-0.3, -0.25) is 9.59 Å². The Balaban J connectivity index is 1.95. The number of ether oxygens (including phenoxy) is 1. The molecule has 0 aliphatic rings. The average Bonchev–Trinajstić information content (AvgIpc) is 2.58. The number of pyridine rings is 1. The van der Waals surface area contributed by atoms with Gasteiger partial charge >= 0.3 is 5.97 Å². The SMILES string of the molecule is CC(=O)Nc1ccc(NC(=O)[C@@H](C)OC(=O)c2cnc(Cl)c(Cl)c2)cc1. The number of hydrogen-bond acceptors (Lipinski definition) is 5. The number of anilines is 2. The molecule has 2 aromatic rings.